The molecule has 0 radical (unpaired) electrons. The Labute approximate surface area is 99.2 Å². The van der Waals surface area contributed by atoms with Gasteiger partial charge in [-0.3, -0.25) is 4.79 Å². The van der Waals surface area contributed by atoms with Crippen molar-refractivity contribution in [3.63, 3.8) is 0 Å². The summed E-state index contributed by atoms with van der Waals surface area (Å²) in [6, 6.07) is 5.14. The van der Waals surface area contributed by atoms with E-state index in [1.165, 1.54) is 0 Å². The lowest BCUT2D eigenvalue weighted by Crippen LogP contribution is -2.20. The summed E-state index contributed by atoms with van der Waals surface area (Å²) in [6.07, 6.45) is 0.257. The highest BCUT2D eigenvalue weighted by molar-refractivity contribution is 6.32. The topological polar surface area (TPSA) is 58.6 Å². The van der Waals surface area contributed by atoms with E-state index in [1.54, 1.807) is 25.2 Å². The molecule has 0 aliphatic rings. The van der Waals surface area contributed by atoms with Crippen molar-refractivity contribution in [2.75, 3.05) is 13.7 Å². The smallest absolute Gasteiger partial charge is 0.223 e. The molecule has 0 saturated heterocycles. The Morgan fingerprint density at radius 2 is 2.31 bits per heavy atom. The monoisotopic (exact) mass is 243 g/mol. The summed E-state index contributed by atoms with van der Waals surface area (Å²) in [5.41, 5.74) is 0.615. The highest BCUT2D eigenvalue weighted by Crippen LogP contribution is 2.28. The summed E-state index contributed by atoms with van der Waals surface area (Å²) in [4.78, 5) is 11.0. The van der Waals surface area contributed by atoms with Crippen LogP contribution in [-0.2, 0) is 11.4 Å². The van der Waals surface area contributed by atoms with Crippen molar-refractivity contribution < 1.29 is 14.6 Å². The van der Waals surface area contributed by atoms with E-state index in [9.17, 15) is 4.79 Å². The predicted octanol–water partition coefficient (Wildman–Crippen LogP) is 1.35. The average molecular weight is 244 g/mol. The third-order valence-corrected chi connectivity index (χ3v) is 2.37. The Morgan fingerprint density at radius 3 is 2.94 bits per heavy atom. The number of hydrogen-bond donors (Lipinski definition) is 2. The molecule has 1 rings (SSSR count). The molecule has 5 heteroatoms. The van der Waals surface area contributed by atoms with E-state index in [1.807, 2.05) is 0 Å². The second-order valence-electron chi connectivity index (χ2n) is 3.16. The minimum Gasteiger partial charge on any atom is -0.491 e. The van der Waals surface area contributed by atoms with Gasteiger partial charge in [-0.1, -0.05) is 23.7 Å². The molecule has 0 aromatic heterocycles. The van der Waals surface area contributed by atoms with Crippen LogP contribution in [0, 0.1) is 0 Å². The lowest BCUT2D eigenvalue weighted by Gasteiger charge is -2.11. The first-order valence-electron chi connectivity index (χ1n) is 4.90. The molecule has 1 aromatic carbocycles. The summed E-state index contributed by atoms with van der Waals surface area (Å²) in [5, 5.41) is 12.0. The van der Waals surface area contributed by atoms with Gasteiger partial charge in [-0.25, -0.2) is 0 Å². The first-order chi connectivity index (χ1) is 7.69. The highest BCUT2D eigenvalue weighted by Gasteiger charge is 2.08. The number of carbonyl (C=O) groups is 1. The second-order valence-corrected chi connectivity index (χ2v) is 3.57. The fraction of sp³-hybridized carbons (Fsp3) is 0.364. The number of aliphatic hydroxyl groups is 1. The summed E-state index contributed by atoms with van der Waals surface area (Å²) in [7, 11) is 1.57. The third-order valence-electron chi connectivity index (χ3n) is 2.07. The number of aliphatic hydroxyl groups excluding tert-OH is 1. The van der Waals surface area contributed by atoms with E-state index < -0.39 is 0 Å². The quantitative estimate of drug-likeness (QED) is 0.821. The minimum atomic E-state index is -0.143. The van der Waals surface area contributed by atoms with Gasteiger partial charge in [-0.05, 0) is 6.07 Å². The largest absolute Gasteiger partial charge is 0.491 e. The van der Waals surface area contributed by atoms with E-state index in [-0.39, 0.29) is 25.5 Å². The van der Waals surface area contributed by atoms with Gasteiger partial charge in [0, 0.05) is 12.6 Å². The van der Waals surface area contributed by atoms with Gasteiger partial charge in [-0.2, -0.15) is 0 Å². The SMILES string of the molecule is CNC(=O)CCOc1c(Cl)cccc1CO. The highest BCUT2D eigenvalue weighted by atomic mass is 35.5. The van der Waals surface area contributed by atoms with Crippen LogP contribution in [-0.4, -0.2) is 24.7 Å². The maximum absolute atomic E-state index is 11.0. The Kier molecular flexibility index (Phi) is 5.08. The molecule has 1 amide bonds. The molecule has 0 spiro atoms. The fourth-order valence-corrected chi connectivity index (χ4v) is 1.46. The number of halogens is 1. The van der Waals surface area contributed by atoms with E-state index in [0.717, 1.165) is 0 Å². The number of rotatable bonds is 5. The Morgan fingerprint density at radius 1 is 1.56 bits per heavy atom. The first-order valence-corrected chi connectivity index (χ1v) is 5.28. The van der Waals surface area contributed by atoms with Crippen LogP contribution in [0.1, 0.15) is 12.0 Å². The number of hydrogen-bond acceptors (Lipinski definition) is 3. The zero-order valence-electron chi connectivity index (χ0n) is 9.00. The number of benzene rings is 1. The molecule has 4 nitrogen and oxygen atoms in total. The molecule has 0 aliphatic carbocycles. The molecule has 2 N–H and O–H groups in total. The molecular weight excluding hydrogens is 230 g/mol. The summed E-state index contributed by atoms with van der Waals surface area (Å²) >= 11 is 5.92. The number of nitrogens with one attached hydrogen (secondary N) is 1. The van der Waals surface area contributed by atoms with Crippen molar-refractivity contribution in [3.05, 3.63) is 28.8 Å². The van der Waals surface area contributed by atoms with E-state index in [4.69, 9.17) is 21.4 Å². The molecular formula is C11H14ClNO3. The van der Waals surface area contributed by atoms with Crippen LogP contribution < -0.4 is 10.1 Å². The molecule has 0 bridgehead atoms. The number of carbonyl (C=O) groups excluding carboxylic acids is 1. The fourth-order valence-electron chi connectivity index (χ4n) is 1.21. The van der Waals surface area contributed by atoms with Crippen molar-refractivity contribution in [1.29, 1.82) is 0 Å². The van der Waals surface area contributed by atoms with Crippen LogP contribution in [0.4, 0.5) is 0 Å². The van der Waals surface area contributed by atoms with Gasteiger partial charge >= 0.3 is 0 Å². The van der Waals surface area contributed by atoms with Gasteiger partial charge < -0.3 is 15.2 Å². The van der Waals surface area contributed by atoms with E-state index in [2.05, 4.69) is 5.32 Å². The lowest BCUT2D eigenvalue weighted by atomic mass is 10.2. The molecule has 0 fully saturated rings. The standard InChI is InChI=1S/C11H14ClNO3/c1-13-10(15)5-6-16-11-8(7-14)3-2-4-9(11)12/h2-4,14H,5-7H2,1H3,(H,13,15). The Bertz CT molecular complexity index is 368. The molecule has 1 aromatic rings. The average Bonchev–Trinajstić information content (AvgIpc) is 2.30. The number of amides is 1. The zero-order chi connectivity index (χ0) is 12.0. The van der Waals surface area contributed by atoms with Gasteiger partial charge in [0.2, 0.25) is 5.91 Å². The van der Waals surface area contributed by atoms with Crippen molar-refractivity contribution in [2.24, 2.45) is 0 Å². The summed E-state index contributed by atoms with van der Waals surface area (Å²) < 4.78 is 5.38. The molecule has 0 heterocycles. The summed E-state index contributed by atoms with van der Waals surface area (Å²) in [5.74, 6) is 0.341. The van der Waals surface area contributed by atoms with Gasteiger partial charge in [-0.15, -0.1) is 0 Å². The van der Waals surface area contributed by atoms with Crippen LogP contribution in [0.15, 0.2) is 18.2 Å². The predicted molar refractivity (Wildman–Crippen MR) is 61.6 cm³/mol. The van der Waals surface area contributed by atoms with Crippen molar-refractivity contribution in [1.82, 2.24) is 5.32 Å². The zero-order valence-corrected chi connectivity index (χ0v) is 9.75. The lowest BCUT2D eigenvalue weighted by molar-refractivity contribution is -0.121. The first kappa shape index (κ1) is 12.8. The van der Waals surface area contributed by atoms with E-state index in [0.29, 0.717) is 16.3 Å². The minimum absolute atomic E-state index is 0.0994. The van der Waals surface area contributed by atoms with E-state index >= 15 is 0 Å². The normalized spacial score (nSPS) is 9.94. The van der Waals surface area contributed by atoms with Gasteiger partial charge in [0.1, 0.15) is 5.75 Å². The van der Waals surface area contributed by atoms with Crippen LogP contribution >= 0.6 is 11.6 Å². The Hall–Kier alpha value is -1.26. The maximum atomic E-state index is 11.0. The second kappa shape index (κ2) is 6.35. The molecule has 0 atom stereocenters. The van der Waals surface area contributed by atoms with Gasteiger partial charge in [0.15, 0.2) is 0 Å². The van der Waals surface area contributed by atoms with Crippen molar-refractivity contribution in [2.45, 2.75) is 13.0 Å². The van der Waals surface area contributed by atoms with Crippen molar-refractivity contribution in [3.8, 4) is 5.75 Å². The molecule has 0 aliphatic heterocycles. The van der Waals surface area contributed by atoms with Crippen LogP contribution in [0.3, 0.4) is 0 Å². The van der Waals surface area contributed by atoms with Gasteiger partial charge in [0.05, 0.1) is 24.7 Å². The Balaban J connectivity index is 2.62. The maximum Gasteiger partial charge on any atom is 0.223 e. The third kappa shape index (κ3) is 3.40. The van der Waals surface area contributed by atoms with Crippen LogP contribution in [0.2, 0.25) is 5.02 Å². The van der Waals surface area contributed by atoms with Crippen LogP contribution in [0.25, 0.3) is 0 Å². The molecule has 16 heavy (non-hydrogen) atoms. The van der Waals surface area contributed by atoms with Crippen LogP contribution in [0.5, 0.6) is 5.75 Å². The number of ether oxygens (including phenoxy) is 1. The molecule has 0 saturated carbocycles. The van der Waals surface area contributed by atoms with Gasteiger partial charge in [0.25, 0.3) is 0 Å². The number of para-hydroxylation sites is 1. The van der Waals surface area contributed by atoms with Crippen molar-refractivity contribution >= 4 is 17.5 Å². The molecule has 0 unspecified atom stereocenters. The molecule has 88 valence electrons. The summed E-state index contributed by atoms with van der Waals surface area (Å²) in [6.45, 7) is 0.0896.